The maximum absolute atomic E-state index is 12.7. The zero-order valence-corrected chi connectivity index (χ0v) is 16.7. The van der Waals surface area contributed by atoms with Gasteiger partial charge in [-0.25, -0.2) is 4.79 Å². The van der Waals surface area contributed by atoms with Gasteiger partial charge in [0.15, 0.2) is 5.58 Å². The van der Waals surface area contributed by atoms with Gasteiger partial charge >= 0.3 is 5.76 Å². The van der Waals surface area contributed by atoms with E-state index in [-0.39, 0.29) is 17.7 Å². The van der Waals surface area contributed by atoms with E-state index in [4.69, 9.17) is 10.2 Å². The summed E-state index contributed by atoms with van der Waals surface area (Å²) in [4.78, 5) is 38.4. The summed E-state index contributed by atoms with van der Waals surface area (Å²) in [5, 5.41) is 2.85. The Labute approximate surface area is 173 Å². The lowest BCUT2D eigenvalue weighted by Crippen LogP contribution is -2.38. The lowest BCUT2D eigenvalue weighted by molar-refractivity contribution is -0.122. The van der Waals surface area contributed by atoms with Gasteiger partial charge in [-0.1, -0.05) is 12.1 Å². The predicted molar refractivity (Wildman–Crippen MR) is 114 cm³/mol. The average Bonchev–Trinajstić information content (AvgIpc) is 3.09. The largest absolute Gasteiger partial charge is 0.420 e. The minimum absolute atomic E-state index is 0.0521. The number of piperidine rings is 1. The van der Waals surface area contributed by atoms with Gasteiger partial charge < -0.3 is 20.4 Å². The first-order valence-electron chi connectivity index (χ1n) is 9.99. The topological polar surface area (TPSA) is 111 Å². The molecule has 0 bridgehead atoms. The van der Waals surface area contributed by atoms with Crippen LogP contribution in [0.2, 0.25) is 0 Å². The monoisotopic (exact) mass is 408 g/mol. The highest BCUT2D eigenvalue weighted by Crippen LogP contribution is 2.25. The third-order valence-corrected chi connectivity index (χ3v) is 5.68. The maximum atomic E-state index is 12.7. The van der Waals surface area contributed by atoms with E-state index in [0.29, 0.717) is 16.8 Å². The summed E-state index contributed by atoms with van der Waals surface area (Å²) in [5.41, 5.74) is 8.10. The molecule has 0 aliphatic carbocycles. The van der Waals surface area contributed by atoms with E-state index in [1.165, 1.54) is 4.57 Å². The van der Waals surface area contributed by atoms with E-state index in [9.17, 15) is 14.4 Å². The number of nitrogens with one attached hydrogen (secondary N) is 1. The van der Waals surface area contributed by atoms with Gasteiger partial charge in [0.1, 0.15) is 6.04 Å². The number of nitrogens with two attached hydrogens (primary N) is 1. The highest BCUT2D eigenvalue weighted by molar-refractivity contribution is 5.94. The van der Waals surface area contributed by atoms with Crippen molar-refractivity contribution in [3.05, 3.63) is 59.1 Å². The summed E-state index contributed by atoms with van der Waals surface area (Å²) in [7, 11) is 0. The van der Waals surface area contributed by atoms with E-state index >= 15 is 0 Å². The molecule has 0 saturated carbocycles. The molecule has 3 aromatic rings. The number of amides is 2. The first-order valence-corrected chi connectivity index (χ1v) is 9.99. The van der Waals surface area contributed by atoms with Gasteiger partial charge in [0.2, 0.25) is 11.8 Å². The Balaban J connectivity index is 1.43. The maximum Gasteiger partial charge on any atom is 0.420 e. The van der Waals surface area contributed by atoms with Gasteiger partial charge in [-0.05, 0) is 56.2 Å². The molecule has 1 atom stereocenters. The van der Waals surface area contributed by atoms with Crippen LogP contribution in [0.1, 0.15) is 25.8 Å². The molecule has 3 N–H and O–H groups in total. The fraction of sp³-hybridized carbons (Fsp3) is 0.318. The number of hydrogen-bond donors (Lipinski definition) is 2. The molecule has 0 spiro atoms. The fourth-order valence-electron chi connectivity index (χ4n) is 3.89. The van der Waals surface area contributed by atoms with Crippen LogP contribution in [0.3, 0.4) is 0 Å². The molecule has 2 heterocycles. The summed E-state index contributed by atoms with van der Waals surface area (Å²) >= 11 is 0. The van der Waals surface area contributed by atoms with Crippen molar-refractivity contribution in [3.8, 4) is 0 Å². The number of para-hydroxylation sites is 2. The molecule has 0 radical (unpaired) electrons. The Kier molecular flexibility index (Phi) is 5.31. The molecule has 8 nitrogen and oxygen atoms in total. The van der Waals surface area contributed by atoms with Crippen LogP contribution in [0, 0.1) is 5.92 Å². The van der Waals surface area contributed by atoms with Gasteiger partial charge in [-0.15, -0.1) is 0 Å². The van der Waals surface area contributed by atoms with Crippen LogP contribution in [0.5, 0.6) is 0 Å². The number of primary amides is 1. The normalized spacial score (nSPS) is 15.8. The van der Waals surface area contributed by atoms with Crippen molar-refractivity contribution >= 4 is 34.3 Å². The Bertz CT molecular complexity index is 1120. The van der Waals surface area contributed by atoms with Crippen molar-refractivity contribution in [3.63, 3.8) is 0 Å². The minimum Gasteiger partial charge on any atom is -0.408 e. The molecule has 1 aliphatic heterocycles. The highest BCUT2D eigenvalue weighted by atomic mass is 16.4. The smallest absolute Gasteiger partial charge is 0.408 e. The van der Waals surface area contributed by atoms with Crippen molar-refractivity contribution in [2.24, 2.45) is 11.7 Å². The summed E-state index contributed by atoms with van der Waals surface area (Å²) in [6.45, 7) is 3.20. The van der Waals surface area contributed by atoms with Crippen molar-refractivity contribution in [2.75, 3.05) is 23.3 Å². The summed E-state index contributed by atoms with van der Waals surface area (Å²) < 4.78 is 6.57. The molecule has 1 aromatic heterocycles. The molecule has 30 heavy (non-hydrogen) atoms. The van der Waals surface area contributed by atoms with Gasteiger partial charge in [0.05, 0.1) is 5.52 Å². The molecule has 8 heteroatoms. The number of fused-ring (bicyclic) bond motifs is 1. The first-order chi connectivity index (χ1) is 14.4. The Morgan fingerprint density at radius 2 is 1.77 bits per heavy atom. The Morgan fingerprint density at radius 1 is 1.10 bits per heavy atom. The molecule has 156 valence electrons. The number of oxazole rings is 1. The molecule has 1 aliphatic rings. The first kappa shape index (κ1) is 19.8. The van der Waals surface area contributed by atoms with Crippen molar-refractivity contribution in [1.82, 2.24) is 4.57 Å². The second-order valence-corrected chi connectivity index (χ2v) is 7.58. The second kappa shape index (κ2) is 8.06. The standard InChI is InChI=1S/C22H24N4O4/c1-14(26-18-4-2-3-5-19(18)30-22(26)29)21(28)24-16-6-8-17(9-7-16)25-12-10-15(11-13-25)20(23)27/h2-9,14-15H,10-13H2,1H3,(H2,23,27)(H,24,28). The lowest BCUT2D eigenvalue weighted by Gasteiger charge is -2.32. The van der Waals surface area contributed by atoms with Crippen LogP contribution < -0.4 is 21.7 Å². The Hall–Kier alpha value is -3.55. The van der Waals surface area contributed by atoms with Crippen LogP contribution >= 0.6 is 0 Å². The molecule has 2 amide bonds. The average molecular weight is 408 g/mol. The number of nitrogens with zero attached hydrogens (tertiary/aromatic N) is 2. The molecule has 1 unspecified atom stereocenters. The zero-order chi connectivity index (χ0) is 21.3. The summed E-state index contributed by atoms with van der Waals surface area (Å²) in [6, 6.07) is 13.8. The summed E-state index contributed by atoms with van der Waals surface area (Å²) in [5.74, 6) is -1.15. The molecule has 4 rings (SSSR count). The number of anilines is 2. The van der Waals surface area contributed by atoms with E-state index in [0.717, 1.165) is 31.6 Å². The number of rotatable bonds is 5. The van der Waals surface area contributed by atoms with Crippen LogP contribution in [0.4, 0.5) is 11.4 Å². The fourth-order valence-corrected chi connectivity index (χ4v) is 3.89. The number of hydrogen-bond acceptors (Lipinski definition) is 5. The minimum atomic E-state index is -0.728. The molecular formula is C22H24N4O4. The molecule has 1 saturated heterocycles. The second-order valence-electron chi connectivity index (χ2n) is 7.58. The number of carbonyl (C=O) groups is 2. The van der Waals surface area contributed by atoms with Crippen molar-refractivity contribution in [2.45, 2.75) is 25.8 Å². The van der Waals surface area contributed by atoms with Crippen molar-refractivity contribution in [1.29, 1.82) is 0 Å². The predicted octanol–water partition coefficient (Wildman–Crippen LogP) is 2.50. The third kappa shape index (κ3) is 3.80. The third-order valence-electron chi connectivity index (χ3n) is 5.68. The van der Waals surface area contributed by atoms with Gasteiger partial charge in [-0.2, -0.15) is 0 Å². The Morgan fingerprint density at radius 3 is 2.43 bits per heavy atom. The number of aromatic nitrogens is 1. The quantitative estimate of drug-likeness (QED) is 0.674. The van der Waals surface area contributed by atoms with Crippen LogP contribution in [0.15, 0.2) is 57.7 Å². The van der Waals surface area contributed by atoms with Crippen LogP contribution in [-0.4, -0.2) is 29.5 Å². The van der Waals surface area contributed by atoms with Crippen LogP contribution in [0.25, 0.3) is 11.1 Å². The number of benzene rings is 2. The van der Waals surface area contributed by atoms with Crippen LogP contribution in [-0.2, 0) is 9.59 Å². The van der Waals surface area contributed by atoms with Gasteiger partial charge in [-0.3, -0.25) is 14.2 Å². The van der Waals surface area contributed by atoms with Crippen molar-refractivity contribution < 1.29 is 14.0 Å². The molecular weight excluding hydrogens is 384 g/mol. The van der Waals surface area contributed by atoms with E-state index < -0.39 is 11.8 Å². The highest BCUT2D eigenvalue weighted by Gasteiger charge is 2.24. The zero-order valence-electron chi connectivity index (χ0n) is 16.7. The molecule has 1 fully saturated rings. The molecule has 2 aromatic carbocycles. The summed E-state index contributed by atoms with van der Waals surface area (Å²) in [6.07, 6.45) is 1.50. The van der Waals surface area contributed by atoms with E-state index in [1.807, 2.05) is 24.3 Å². The van der Waals surface area contributed by atoms with E-state index in [2.05, 4.69) is 10.2 Å². The SMILES string of the molecule is CC(C(=O)Nc1ccc(N2CCC(C(N)=O)CC2)cc1)n1c(=O)oc2ccccc21. The number of carbonyl (C=O) groups excluding carboxylic acids is 2. The lowest BCUT2D eigenvalue weighted by atomic mass is 9.96. The van der Waals surface area contributed by atoms with Gasteiger partial charge in [0.25, 0.3) is 0 Å². The van der Waals surface area contributed by atoms with E-state index in [1.54, 1.807) is 31.2 Å². The van der Waals surface area contributed by atoms with Gasteiger partial charge in [0, 0.05) is 30.4 Å².